The van der Waals surface area contributed by atoms with E-state index in [1.165, 1.54) is 7.11 Å². The SMILES string of the molecule is CCC1C(C(=O)OC)CCS1(=O)=O. The fourth-order valence-electron chi connectivity index (χ4n) is 1.84. The van der Waals surface area contributed by atoms with Gasteiger partial charge in [-0.05, 0) is 12.8 Å². The monoisotopic (exact) mass is 206 g/mol. The normalized spacial score (nSPS) is 31.5. The van der Waals surface area contributed by atoms with Gasteiger partial charge in [0.05, 0.1) is 24.0 Å². The number of rotatable bonds is 2. The highest BCUT2D eigenvalue weighted by molar-refractivity contribution is 7.92. The molecule has 5 heteroatoms. The van der Waals surface area contributed by atoms with E-state index in [9.17, 15) is 13.2 Å². The fourth-order valence-corrected chi connectivity index (χ4v) is 3.98. The number of carbonyl (C=O) groups is 1. The van der Waals surface area contributed by atoms with E-state index < -0.39 is 27.0 Å². The third kappa shape index (κ3) is 1.85. The molecule has 0 spiro atoms. The highest BCUT2D eigenvalue weighted by atomic mass is 32.2. The van der Waals surface area contributed by atoms with Crippen LogP contribution in [0.5, 0.6) is 0 Å². The van der Waals surface area contributed by atoms with Crippen LogP contribution in [0.1, 0.15) is 19.8 Å². The van der Waals surface area contributed by atoms with Crippen LogP contribution in [-0.4, -0.2) is 32.5 Å². The Morgan fingerprint density at radius 1 is 1.54 bits per heavy atom. The summed E-state index contributed by atoms with van der Waals surface area (Å²) < 4.78 is 27.4. The summed E-state index contributed by atoms with van der Waals surface area (Å²) in [5.41, 5.74) is 0. The molecule has 2 atom stereocenters. The smallest absolute Gasteiger partial charge is 0.310 e. The number of ether oxygens (including phenoxy) is 1. The van der Waals surface area contributed by atoms with E-state index in [2.05, 4.69) is 4.74 Å². The third-order valence-corrected chi connectivity index (χ3v) is 4.92. The van der Waals surface area contributed by atoms with Gasteiger partial charge in [0.25, 0.3) is 0 Å². The first-order chi connectivity index (χ1) is 6.03. The van der Waals surface area contributed by atoms with Crippen LogP contribution < -0.4 is 0 Å². The van der Waals surface area contributed by atoms with Gasteiger partial charge in [0.15, 0.2) is 9.84 Å². The first kappa shape index (κ1) is 10.5. The molecule has 0 radical (unpaired) electrons. The number of hydrogen-bond acceptors (Lipinski definition) is 4. The van der Waals surface area contributed by atoms with Crippen molar-refractivity contribution in [3.63, 3.8) is 0 Å². The molecule has 1 rings (SSSR count). The van der Waals surface area contributed by atoms with Crippen LogP contribution in [0.25, 0.3) is 0 Å². The van der Waals surface area contributed by atoms with E-state index >= 15 is 0 Å². The number of carbonyl (C=O) groups excluding carboxylic acids is 1. The standard InChI is InChI=1S/C8H14O4S/c1-3-7-6(8(9)12-2)4-5-13(7,10)11/h6-7H,3-5H2,1-2H3. The maximum absolute atomic E-state index is 11.4. The molecule has 76 valence electrons. The van der Waals surface area contributed by atoms with Crippen LogP contribution in [0, 0.1) is 5.92 Å². The van der Waals surface area contributed by atoms with Gasteiger partial charge in [-0.15, -0.1) is 0 Å². The summed E-state index contributed by atoms with van der Waals surface area (Å²) in [6.07, 6.45) is 0.898. The molecule has 2 unspecified atom stereocenters. The second-order valence-electron chi connectivity index (χ2n) is 3.23. The van der Waals surface area contributed by atoms with Gasteiger partial charge in [0, 0.05) is 0 Å². The van der Waals surface area contributed by atoms with Crippen molar-refractivity contribution in [3.8, 4) is 0 Å². The predicted octanol–water partition coefficient (Wildman–Crippen LogP) is 0.373. The zero-order chi connectivity index (χ0) is 10.1. The van der Waals surface area contributed by atoms with Crippen LogP contribution in [0.2, 0.25) is 0 Å². The molecule has 1 heterocycles. The maximum atomic E-state index is 11.4. The van der Waals surface area contributed by atoms with Crippen molar-refractivity contribution in [1.29, 1.82) is 0 Å². The Bertz CT molecular complexity index is 293. The Morgan fingerprint density at radius 2 is 2.15 bits per heavy atom. The fraction of sp³-hybridized carbons (Fsp3) is 0.875. The molecule has 1 fully saturated rings. The van der Waals surface area contributed by atoms with Crippen molar-refractivity contribution in [3.05, 3.63) is 0 Å². The molecule has 0 bridgehead atoms. The van der Waals surface area contributed by atoms with Gasteiger partial charge in [-0.3, -0.25) is 4.79 Å². The van der Waals surface area contributed by atoms with E-state index in [0.717, 1.165) is 0 Å². The van der Waals surface area contributed by atoms with Gasteiger partial charge < -0.3 is 4.74 Å². The molecule has 1 aliphatic rings. The summed E-state index contributed by atoms with van der Waals surface area (Å²) in [5.74, 6) is -0.724. The van der Waals surface area contributed by atoms with Crippen molar-refractivity contribution in [2.75, 3.05) is 12.9 Å². The van der Waals surface area contributed by atoms with E-state index in [4.69, 9.17) is 0 Å². The molecule has 1 aliphatic heterocycles. The number of hydrogen-bond donors (Lipinski definition) is 0. The Balaban J connectivity index is 2.86. The van der Waals surface area contributed by atoms with E-state index in [1.54, 1.807) is 6.92 Å². The average molecular weight is 206 g/mol. The highest BCUT2D eigenvalue weighted by Gasteiger charge is 2.43. The molecule has 0 saturated carbocycles. The number of esters is 1. The first-order valence-electron chi connectivity index (χ1n) is 4.32. The van der Waals surface area contributed by atoms with Crippen LogP contribution >= 0.6 is 0 Å². The minimum Gasteiger partial charge on any atom is -0.469 e. The summed E-state index contributed by atoms with van der Waals surface area (Å²) in [5, 5.41) is -0.528. The van der Waals surface area contributed by atoms with E-state index in [1.807, 2.05) is 0 Å². The van der Waals surface area contributed by atoms with Gasteiger partial charge in [-0.2, -0.15) is 0 Å². The lowest BCUT2D eigenvalue weighted by Crippen LogP contribution is -2.28. The van der Waals surface area contributed by atoms with Crippen LogP contribution in [0.4, 0.5) is 0 Å². The number of sulfone groups is 1. The van der Waals surface area contributed by atoms with Crippen LogP contribution in [0.15, 0.2) is 0 Å². The second-order valence-corrected chi connectivity index (χ2v) is 5.57. The summed E-state index contributed by atoms with van der Waals surface area (Å²) in [7, 11) is -1.75. The van der Waals surface area contributed by atoms with E-state index in [-0.39, 0.29) is 5.75 Å². The minimum absolute atomic E-state index is 0.116. The Morgan fingerprint density at radius 3 is 2.62 bits per heavy atom. The predicted molar refractivity (Wildman–Crippen MR) is 48.0 cm³/mol. The molecule has 4 nitrogen and oxygen atoms in total. The largest absolute Gasteiger partial charge is 0.469 e. The topological polar surface area (TPSA) is 60.4 Å². The van der Waals surface area contributed by atoms with Crippen LogP contribution in [-0.2, 0) is 19.4 Å². The van der Waals surface area contributed by atoms with Crippen molar-refractivity contribution in [2.24, 2.45) is 5.92 Å². The molecule has 0 N–H and O–H groups in total. The van der Waals surface area contributed by atoms with Gasteiger partial charge >= 0.3 is 5.97 Å². The van der Waals surface area contributed by atoms with Gasteiger partial charge in [0.1, 0.15) is 0 Å². The van der Waals surface area contributed by atoms with Crippen molar-refractivity contribution < 1.29 is 17.9 Å². The molecule has 0 aromatic carbocycles. The lowest BCUT2D eigenvalue weighted by atomic mass is 10.0. The molecule has 1 saturated heterocycles. The zero-order valence-corrected chi connectivity index (χ0v) is 8.63. The first-order valence-corrected chi connectivity index (χ1v) is 6.04. The summed E-state index contributed by atoms with van der Waals surface area (Å²) in [4.78, 5) is 11.2. The quantitative estimate of drug-likeness (QED) is 0.612. The third-order valence-electron chi connectivity index (χ3n) is 2.53. The summed E-state index contributed by atoms with van der Waals surface area (Å²) in [6.45, 7) is 1.78. The van der Waals surface area contributed by atoms with Crippen molar-refractivity contribution >= 4 is 15.8 Å². The Labute approximate surface area is 78.2 Å². The molecular weight excluding hydrogens is 192 g/mol. The minimum atomic E-state index is -3.04. The molecule has 13 heavy (non-hydrogen) atoms. The Kier molecular flexibility index (Phi) is 2.95. The average Bonchev–Trinajstić information content (AvgIpc) is 2.39. The lowest BCUT2D eigenvalue weighted by Gasteiger charge is -2.13. The van der Waals surface area contributed by atoms with Crippen molar-refractivity contribution in [2.45, 2.75) is 25.0 Å². The molecule has 0 aromatic rings. The summed E-state index contributed by atoms with van der Waals surface area (Å²) >= 11 is 0. The molecular formula is C8H14O4S. The summed E-state index contributed by atoms with van der Waals surface area (Å²) in [6, 6.07) is 0. The number of methoxy groups -OCH3 is 1. The molecule has 0 amide bonds. The zero-order valence-electron chi connectivity index (χ0n) is 7.82. The van der Waals surface area contributed by atoms with Gasteiger partial charge in [-0.1, -0.05) is 6.92 Å². The van der Waals surface area contributed by atoms with Gasteiger partial charge in [-0.25, -0.2) is 8.42 Å². The van der Waals surface area contributed by atoms with Crippen LogP contribution in [0.3, 0.4) is 0 Å². The molecule has 0 aromatic heterocycles. The second kappa shape index (κ2) is 3.65. The molecule has 0 aliphatic carbocycles. The van der Waals surface area contributed by atoms with E-state index in [0.29, 0.717) is 12.8 Å². The van der Waals surface area contributed by atoms with Crippen molar-refractivity contribution in [1.82, 2.24) is 0 Å². The highest BCUT2D eigenvalue weighted by Crippen LogP contribution is 2.29. The Hall–Kier alpha value is -0.580. The maximum Gasteiger partial charge on any atom is 0.310 e. The lowest BCUT2D eigenvalue weighted by molar-refractivity contribution is -0.145. The van der Waals surface area contributed by atoms with Gasteiger partial charge in [0.2, 0.25) is 0 Å².